The van der Waals surface area contributed by atoms with Crippen LogP contribution in [0.5, 0.6) is 0 Å². The smallest absolute Gasteiger partial charge is 0.161 e. The molecule has 0 unspecified atom stereocenters. The first-order valence-electron chi connectivity index (χ1n) is 6.02. The van der Waals surface area contributed by atoms with E-state index in [1.54, 1.807) is 0 Å². The van der Waals surface area contributed by atoms with Gasteiger partial charge in [-0.3, -0.25) is 0 Å². The van der Waals surface area contributed by atoms with Crippen LogP contribution in [0, 0.1) is 3.57 Å². The van der Waals surface area contributed by atoms with Gasteiger partial charge in [-0.05, 0) is 41.1 Å². The van der Waals surface area contributed by atoms with Crippen molar-refractivity contribution in [2.45, 2.75) is 6.54 Å². The van der Waals surface area contributed by atoms with Gasteiger partial charge in [0.1, 0.15) is 0 Å². The second kappa shape index (κ2) is 5.26. The van der Waals surface area contributed by atoms with Crippen molar-refractivity contribution in [1.82, 2.24) is 20.1 Å². The average molecular weight is 364 g/mol. The summed E-state index contributed by atoms with van der Waals surface area (Å²) in [6, 6.07) is 10.4. The van der Waals surface area contributed by atoms with Crippen molar-refractivity contribution >= 4 is 33.4 Å². The molecule has 0 bridgehead atoms. The molecule has 0 amide bonds. The van der Waals surface area contributed by atoms with E-state index in [2.05, 4.69) is 51.2 Å². The lowest BCUT2D eigenvalue weighted by atomic mass is 10.1. The van der Waals surface area contributed by atoms with Gasteiger partial charge in [-0.15, -0.1) is 0 Å². The molecule has 0 saturated carbocycles. The molecule has 0 radical (unpaired) electrons. The van der Waals surface area contributed by atoms with E-state index in [1.807, 2.05) is 36.3 Å². The predicted molar refractivity (Wildman–Crippen MR) is 84.3 cm³/mol. The Morgan fingerprint density at radius 1 is 1.32 bits per heavy atom. The van der Waals surface area contributed by atoms with Gasteiger partial charge in [0.25, 0.3) is 0 Å². The summed E-state index contributed by atoms with van der Waals surface area (Å²) < 4.78 is 2.94. The van der Waals surface area contributed by atoms with Crippen molar-refractivity contribution in [2.75, 3.05) is 7.05 Å². The first-order valence-corrected chi connectivity index (χ1v) is 7.09. The van der Waals surface area contributed by atoms with Crippen LogP contribution in [-0.4, -0.2) is 21.8 Å². The summed E-state index contributed by atoms with van der Waals surface area (Å²) in [4.78, 5) is 4.71. The van der Waals surface area contributed by atoms with Gasteiger partial charge in [0, 0.05) is 18.1 Å². The highest BCUT2D eigenvalue weighted by atomic mass is 127. The zero-order valence-electron chi connectivity index (χ0n) is 10.5. The van der Waals surface area contributed by atoms with E-state index < -0.39 is 0 Å². The Labute approximate surface area is 125 Å². The maximum absolute atomic E-state index is 4.71. The molecule has 0 fully saturated rings. The quantitative estimate of drug-likeness (QED) is 0.727. The average Bonchev–Trinajstić information content (AvgIpc) is 2.85. The van der Waals surface area contributed by atoms with E-state index in [1.165, 1.54) is 5.39 Å². The SMILES string of the molecule is CNCc1cc2ccccc2c(-n2cc(I)cn2)n1. The number of fused-ring (bicyclic) bond motifs is 1. The van der Waals surface area contributed by atoms with E-state index in [-0.39, 0.29) is 0 Å². The van der Waals surface area contributed by atoms with Crippen LogP contribution in [0.1, 0.15) is 5.69 Å². The number of pyridine rings is 1. The lowest BCUT2D eigenvalue weighted by molar-refractivity contribution is 0.775. The van der Waals surface area contributed by atoms with E-state index in [0.717, 1.165) is 27.0 Å². The lowest BCUT2D eigenvalue weighted by Crippen LogP contribution is -2.09. The van der Waals surface area contributed by atoms with Crippen molar-refractivity contribution < 1.29 is 0 Å². The summed E-state index contributed by atoms with van der Waals surface area (Å²) >= 11 is 2.25. The highest BCUT2D eigenvalue weighted by molar-refractivity contribution is 14.1. The van der Waals surface area contributed by atoms with Crippen LogP contribution in [0.4, 0.5) is 0 Å². The molecule has 3 rings (SSSR count). The third-order valence-electron chi connectivity index (χ3n) is 2.90. The molecule has 0 atom stereocenters. The Bertz CT molecular complexity index is 720. The molecular weight excluding hydrogens is 351 g/mol. The summed E-state index contributed by atoms with van der Waals surface area (Å²) in [5, 5.41) is 9.80. The number of rotatable bonds is 3. The van der Waals surface area contributed by atoms with Gasteiger partial charge in [0.15, 0.2) is 5.82 Å². The summed E-state index contributed by atoms with van der Waals surface area (Å²) in [5.41, 5.74) is 1.02. The fourth-order valence-corrected chi connectivity index (χ4v) is 2.49. The molecule has 0 aliphatic carbocycles. The monoisotopic (exact) mass is 364 g/mol. The largest absolute Gasteiger partial charge is 0.314 e. The maximum atomic E-state index is 4.71. The fourth-order valence-electron chi connectivity index (χ4n) is 2.10. The molecule has 0 aliphatic heterocycles. The van der Waals surface area contributed by atoms with Crippen LogP contribution >= 0.6 is 22.6 Å². The molecule has 1 aromatic carbocycles. The van der Waals surface area contributed by atoms with Gasteiger partial charge in [-0.1, -0.05) is 24.3 Å². The Balaban J connectivity index is 2.25. The Morgan fingerprint density at radius 2 is 2.16 bits per heavy atom. The van der Waals surface area contributed by atoms with E-state index in [4.69, 9.17) is 4.98 Å². The molecule has 96 valence electrons. The topological polar surface area (TPSA) is 42.7 Å². The predicted octanol–water partition coefficient (Wildman–Crippen LogP) is 2.74. The zero-order chi connectivity index (χ0) is 13.2. The van der Waals surface area contributed by atoms with Gasteiger partial charge in [-0.2, -0.15) is 5.10 Å². The minimum absolute atomic E-state index is 0.746. The number of nitrogens with one attached hydrogen (secondary N) is 1. The van der Waals surface area contributed by atoms with Crippen molar-refractivity contribution in [3.05, 3.63) is 52.0 Å². The minimum atomic E-state index is 0.746. The second-order valence-corrected chi connectivity index (χ2v) is 5.54. The van der Waals surface area contributed by atoms with Gasteiger partial charge in [0.2, 0.25) is 0 Å². The molecule has 0 aliphatic rings. The Morgan fingerprint density at radius 3 is 2.89 bits per heavy atom. The molecule has 2 heterocycles. The van der Waals surface area contributed by atoms with Crippen LogP contribution in [0.3, 0.4) is 0 Å². The lowest BCUT2D eigenvalue weighted by Gasteiger charge is -2.09. The minimum Gasteiger partial charge on any atom is -0.314 e. The van der Waals surface area contributed by atoms with Gasteiger partial charge in [-0.25, -0.2) is 9.67 Å². The zero-order valence-corrected chi connectivity index (χ0v) is 12.6. The summed E-state index contributed by atoms with van der Waals surface area (Å²) in [7, 11) is 1.92. The van der Waals surface area contributed by atoms with Gasteiger partial charge >= 0.3 is 0 Å². The molecule has 2 aromatic heterocycles. The van der Waals surface area contributed by atoms with Crippen LogP contribution in [0.25, 0.3) is 16.6 Å². The molecule has 4 nitrogen and oxygen atoms in total. The van der Waals surface area contributed by atoms with Crippen LogP contribution < -0.4 is 5.32 Å². The number of hydrogen-bond acceptors (Lipinski definition) is 3. The second-order valence-electron chi connectivity index (χ2n) is 4.29. The molecule has 5 heteroatoms. The fraction of sp³-hybridized carbons (Fsp3) is 0.143. The van der Waals surface area contributed by atoms with E-state index in [9.17, 15) is 0 Å². The van der Waals surface area contributed by atoms with Crippen molar-refractivity contribution in [3.63, 3.8) is 0 Å². The molecule has 19 heavy (non-hydrogen) atoms. The van der Waals surface area contributed by atoms with Gasteiger partial charge < -0.3 is 5.32 Å². The Kier molecular flexibility index (Phi) is 3.48. The van der Waals surface area contributed by atoms with Crippen LogP contribution in [0.15, 0.2) is 42.7 Å². The maximum Gasteiger partial charge on any atom is 0.161 e. The molecule has 0 spiro atoms. The highest BCUT2D eigenvalue weighted by Gasteiger charge is 2.08. The number of halogens is 1. The molecule has 1 N–H and O–H groups in total. The number of aromatic nitrogens is 3. The number of benzene rings is 1. The summed E-state index contributed by atoms with van der Waals surface area (Å²) in [5.74, 6) is 0.881. The molecular formula is C14H13IN4. The third kappa shape index (κ3) is 2.48. The number of nitrogens with zero attached hydrogens (tertiary/aromatic N) is 3. The van der Waals surface area contributed by atoms with Crippen molar-refractivity contribution in [1.29, 1.82) is 0 Å². The van der Waals surface area contributed by atoms with Crippen LogP contribution in [-0.2, 0) is 6.54 Å². The third-order valence-corrected chi connectivity index (χ3v) is 3.46. The molecule has 0 saturated heterocycles. The summed E-state index contributed by atoms with van der Waals surface area (Å²) in [6.45, 7) is 0.746. The van der Waals surface area contributed by atoms with Crippen LogP contribution in [0.2, 0.25) is 0 Å². The van der Waals surface area contributed by atoms with E-state index in [0.29, 0.717) is 0 Å². The first kappa shape index (κ1) is 12.6. The van der Waals surface area contributed by atoms with Gasteiger partial charge in [0.05, 0.1) is 15.5 Å². The number of hydrogen-bond donors (Lipinski definition) is 1. The first-order chi connectivity index (χ1) is 9.28. The Hall–Kier alpha value is -1.47. The van der Waals surface area contributed by atoms with E-state index >= 15 is 0 Å². The molecule has 3 aromatic rings. The standard InChI is InChI=1S/C14H13IN4/c1-16-8-12-6-10-4-2-3-5-13(10)14(18-12)19-9-11(15)7-17-19/h2-7,9,16H,8H2,1H3. The summed E-state index contributed by atoms with van der Waals surface area (Å²) in [6.07, 6.45) is 3.82. The van der Waals surface area contributed by atoms with Crippen molar-refractivity contribution in [3.8, 4) is 5.82 Å². The normalized spacial score (nSPS) is 11.1. The van der Waals surface area contributed by atoms with Crippen molar-refractivity contribution in [2.24, 2.45) is 0 Å². The highest BCUT2D eigenvalue weighted by Crippen LogP contribution is 2.21.